The molecule has 0 aromatic carbocycles. The monoisotopic (exact) mass is 253 g/mol. The molecule has 2 N–H and O–H groups in total. The third-order valence-corrected chi connectivity index (χ3v) is 4.26. The van der Waals surface area contributed by atoms with E-state index in [-0.39, 0.29) is 0 Å². The molecule has 17 heavy (non-hydrogen) atoms. The summed E-state index contributed by atoms with van der Waals surface area (Å²) >= 11 is 1.50. The van der Waals surface area contributed by atoms with Crippen LogP contribution in [0.1, 0.15) is 17.8 Å². The Morgan fingerprint density at radius 1 is 1.12 bits per heavy atom. The van der Waals surface area contributed by atoms with E-state index in [0.29, 0.717) is 5.13 Å². The summed E-state index contributed by atoms with van der Waals surface area (Å²) in [5, 5.41) is 9.55. The lowest BCUT2D eigenvalue weighted by Crippen LogP contribution is -2.46. The van der Waals surface area contributed by atoms with E-state index in [1.807, 2.05) is 0 Å². The van der Waals surface area contributed by atoms with Crippen molar-refractivity contribution in [1.82, 2.24) is 20.0 Å². The first-order valence-electron chi connectivity index (χ1n) is 6.32. The Bertz CT molecular complexity index is 368. The number of hydrogen-bond acceptors (Lipinski definition) is 6. The largest absolute Gasteiger partial charge is 0.374 e. The Kier molecular flexibility index (Phi) is 3.26. The Balaban J connectivity index is 1.44. The normalized spacial score (nSPS) is 23.1. The number of nitrogen functional groups attached to an aromatic ring is 1. The van der Waals surface area contributed by atoms with Gasteiger partial charge in [0, 0.05) is 32.7 Å². The summed E-state index contributed by atoms with van der Waals surface area (Å²) in [6.45, 7) is 6.92. The quantitative estimate of drug-likeness (QED) is 0.853. The maximum Gasteiger partial charge on any atom is 0.203 e. The van der Waals surface area contributed by atoms with Crippen LogP contribution < -0.4 is 5.73 Å². The van der Waals surface area contributed by atoms with Gasteiger partial charge >= 0.3 is 0 Å². The Labute approximate surface area is 106 Å². The molecule has 2 heterocycles. The van der Waals surface area contributed by atoms with Gasteiger partial charge < -0.3 is 10.6 Å². The lowest BCUT2D eigenvalue weighted by atomic mass is 10.3. The zero-order valence-corrected chi connectivity index (χ0v) is 10.8. The molecule has 6 heteroatoms. The Hall–Kier alpha value is -0.720. The highest BCUT2D eigenvalue weighted by atomic mass is 32.1. The molecule has 2 aliphatic rings. The molecule has 0 spiro atoms. The molecule has 0 atom stereocenters. The third kappa shape index (κ3) is 3.14. The molecular formula is C11H19N5S. The highest BCUT2D eigenvalue weighted by Crippen LogP contribution is 2.30. The van der Waals surface area contributed by atoms with Crippen molar-refractivity contribution in [3.05, 3.63) is 5.01 Å². The summed E-state index contributed by atoms with van der Waals surface area (Å²) in [4.78, 5) is 5.05. The van der Waals surface area contributed by atoms with Gasteiger partial charge in [0.15, 0.2) is 0 Å². The number of piperazine rings is 1. The van der Waals surface area contributed by atoms with Gasteiger partial charge in [-0.15, -0.1) is 10.2 Å². The minimum absolute atomic E-state index is 0.576. The van der Waals surface area contributed by atoms with Crippen LogP contribution in [0.3, 0.4) is 0 Å². The van der Waals surface area contributed by atoms with Crippen LogP contribution in [0.5, 0.6) is 0 Å². The number of aromatic nitrogens is 2. The summed E-state index contributed by atoms with van der Waals surface area (Å²) in [6.07, 6.45) is 2.90. The van der Waals surface area contributed by atoms with E-state index < -0.39 is 0 Å². The van der Waals surface area contributed by atoms with Crippen LogP contribution in [-0.4, -0.2) is 52.7 Å². The predicted octanol–water partition coefficient (Wildman–Crippen LogP) is 0.648. The second-order valence-corrected chi connectivity index (χ2v) is 6.15. The molecule has 0 radical (unpaired) electrons. The Morgan fingerprint density at radius 3 is 2.41 bits per heavy atom. The van der Waals surface area contributed by atoms with Crippen molar-refractivity contribution >= 4 is 16.5 Å². The molecule has 1 aromatic rings. The number of anilines is 1. The van der Waals surface area contributed by atoms with Crippen LogP contribution in [0.4, 0.5) is 5.13 Å². The van der Waals surface area contributed by atoms with Crippen molar-refractivity contribution in [2.24, 2.45) is 5.92 Å². The first-order chi connectivity index (χ1) is 8.29. The van der Waals surface area contributed by atoms with E-state index in [9.17, 15) is 0 Å². The van der Waals surface area contributed by atoms with Crippen LogP contribution in [0.2, 0.25) is 0 Å². The van der Waals surface area contributed by atoms with Gasteiger partial charge in [0.25, 0.3) is 0 Å². The summed E-state index contributed by atoms with van der Waals surface area (Å²) in [6, 6.07) is 0. The van der Waals surface area contributed by atoms with Crippen LogP contribution in [0.15, 0.2) is 0 Å². The average molecular weight is 253 g/mol. The minimum atomic E-state index is 0.576. The van der Waals surface area contributed by atoms with Gasteiger partial charge in [-0.05, 0) is 18.8 Å². The molecular weight excluding hydrogens is 234 g/mol. The van der Waals surface area contributed by atoms with Gasteiger partial charge in [-0.2, -0.15) is 0 Å². The van der Waals surface area contributed by atoms with Crippen LogP contribution >= 0.6 is 11.3 Å². The fourth-order valence-corrected chi connectivity index (χ4v) is 2.97. The molecule has 0 amide bonds. The highest BCUT2D eigenvalue weighted by molar-refractivity contribution is 7.15. The van der Waals surface area contributed by atoms with Gasteiger partial charge in [-0.25, -0.2) is 0 Å². The first kappa shape index (κ1) is 11.4. The zero-order chi connectivity index (χ0) is 11.7. The van der Waals surface area contributed by atoms with Crippen molar-refractivity contribution in [1.29, 1.82) is 0 Å². The fraction of sp³-hybridized carbons (Fsp3) is 0.818. The van der Waals surface area contributed by atoms with Crippen LogP contribution in [0, 0.1) is 5.92 Å². The molecule has 3 rings (SSSR count). The SMILES string of the molecule is Nc1nnc(CN2CCN(CC3CC3)CC2)s1. The molecule has 0 bridgehead atoms. The fourth-order valence-electron chi connectivity index (χ4n) is 2.32. The first-order valence-corrected chi connectivity index (χ1v) is 7.14. The number of rotatable bonds is 4. The van der Waals surface area contributed by atoms with Crippen molar-refractivity contribution in [2.45, 2.75) is 19.4 Å². The molecule has 1 aliphatic heterocycles. The van der Waals surface area contributed by atoms with Crippen LogP contribution in [0.25, 0.3) is 0 Å². The maximum atomic E-state index is 5.59. The summed E-state index contributed by atoms with van der Waals surface area (Å²) < 4.78 is 0. The molecule has 2 fully saturated rings. The van der Waals surface area contributed by atoms with Crippen molar-refractivity contribution in [2.75, 3.05) is 38.5 Å². The Morgan fingerprint density at radius 2 is 1.82 bits per heavy atom. The van der Waals surface area contributed by atoms with Crippen molar-refractivity contribution in [3.8, 4) is 0 Å². The average Bonchev–Trinajstić information content (AvgIpc) is 3.04. The maximum absolute atomic E-state index is 5.59. The molecule has 1 aliphatic carbocycles. The molecule has 1 saturated carbocycles. The second-order valence-electron chi connectivity index (χ2n) is 5.05. The number of nitrogens with zero attached hydrogens (tertiary/aromatic N) is 4. The predicted molar refractivity (Wildman–Crippen MR) is 68.8 cm³/mol. The van der Waals surface area contributed by atoms with Gasteiger partial charge in [0.2, 0.25) is 5.13 Å². The highest BCUT2D eigenvalue weighted by Gasteiger charge is 2.26. The lowest BCUT2D eigenvalue weighted by molar-refractivity contribution is 0.123. The van der Waals surface area contributed by atoms with E-state index in [4.69, 9.17) is 5.73 Å². The molecule has 1 saturated heterocycles. The van der Waals surface area contributed by atoms with Crippen molar-refractivity contribution < 1.29 is 0 Å². The molecule has 94 valence electrons. The molecule has 0 unspecified atom stereocenters. The van der Waals surface area contributed by atoms with E-state index >= 15 is 0 Å². The zero-order valence-electron chi connectivity index (χ0n) is 10.0. The van der Waals surface area contributed by atoms with Gasteiger partial charge in [-0.1, -0.05) is 11.3 Å². The van der Waals surface area contributed by atoms with E-state index in [0.717, 1.165) is 30.6 Å². The second kappa shape index (κ2) is 4.88. The third-order valence-electron chi connectivity index (χ3n) is 3.52. The van der Waals surface area contributed by atoms with Gasteiger partial charge in [0.1, 0.15) is 5.01 Å². The summed E-state index contributed by atoms with van der Waals surface area (Å²) in [5.41, 5.74) is 5.59. The standard InChI is InChI=1S/C11H19N5S/c12-11-14-13-10(17-11)8-16-5-3-15(4-6-16)7-9-1-2-9/h9H,1-8H2,(H2,12,14). The molecule has 1 aromatic heterocycles. The number of nitrogens with two attached hydrogens (primary N) is 1. The van der Waals surface area contributed by atoms with Crippen molar-refractivity contribution in [3.63, 3.8) is 0 Å². The van der Waals surface area contributed by atoms with E-state index in [2.05, 4.69) is 20.0 Å². The topological polar surface area (TPSA) is 58.3 Å². The summed E-state index contributed by atoms with van der Waals surface area (Å²) in [7, 11) is 0. The molecule has 5 nitrogen and oxygen atoms in total. The minimum Gasteiger partial charge on any atom is -0.374 e. The van der Waals surface area contributed by atoms with E-state index in [1.54, 1.807) is 0 Å². The smallest absolute Gasteiger partial charge is 0.203 e. The van der Waals surface area contributed by atoms with E-state index in [1.165, 1.54) is 43.8 Å². The lowest BCUT2D eigenvalue weighted by Gasteiger charge is -2.34. The number of hydrogen-bond donors (Lipinski definition) is 1. The van der Waals surface area contributed by atoms with Gasteiger partial charge in [0.05, 0.1) is 6.54 Å². The summed E-state index contributed by atoms with van der Waals surface area (Å²) in [5.74, 6) is 1.00. The van der Waals surface area contributed by atoms with Gasteiger partial charge in [-0.3, -0.25) is 4.90 Å². The van der Waals surface area contributed by atoms with Crippen LogP contribution in [-0.2, 0) is 6.54 Å².